The third-order valence-corrected chi connectivity index (χ3v) is 6.30. The number of anilines is 3. The average Bonchev–Trinajstić information content (AvgIpc) is 3.29. The average molecular weight is 495 g/mol. The van der Waals surface area contributed by atoms with Crippen LogP contribution in [0.5, 0.6) is 5.75 Å². The maximum atomic E-state index is 15.0. The summed E-state index contributed by atoms with van der Waals surface area (Å²) >= 11 is 0. The fourth-order valence-corrected chi connectivity index (χ4v) is 4.56. The van der Waals surface area contributed by atoms with Crippen LogP contribution in [-0.4, -0.2) is 70.5 Å². The second-order valence-corrected chi connectivity index (χ2v) is 8.88. The molecule has 10 heteroatoms. The normalized spacial score (nSPS) is 15.3. The zero-order chi connectivity index (χ0) is 25.2. The first kappa shape index (κ1) is 24.0. The Bertz CT molecular complexity index is 1370. The highest BCUT2D eigenvalue weighted by atomic mass is 19.1. The quantitative estimate of drug-likeness (QED) is 0.403. The molecule has 1 atom stereocenters. The first-order chi connectivity index (χ1) is 17.4. The number of methoxy groups -OCH3 is 1. The molecule has 0 bridgehead atoms. The van der Waals surface area contributed by atoms with Gasteiger partial charge in [-0.05, 0) is 31.2 Å². The van der Waals surface area contributed by atoms with E-state index in [0.29, 0.717) is 38.5 Å². The molecule has 0 aliphatic carbocycles. The number of hydrogen-bond donors (Lipinski definition) is 2. The smallest absolute Gasteiger partial charge is 0.245 e. The number of hydrogen-bond acceptors (Lipinski definition) is 7. The van der Waals surface area contributed by atoms with Crippen molar-refractivity contribution in [3.8, 4) is 17.0 Å². The molecule has 1 aliphatic rings. The molecule has 188 valence electrons. The lowest BCUT2D eigenvalue weighted by molar-refractivity contribution is 0.122. The van der Waals surface area contributed by atoms with Crippen molar-refractivity contribution >= 4 is 22.8 Å². The van der Waals surface area contributed by atoms with Gasteiger partial charge in [-0.1, -0.05) is 12.1 Å². The Morgan fingerprint density at radius 3 is 2.58 bits per heavy atom. The molecule has 2 aromatic carbocycles. The fourth-order valence-electron chi connectivity index (χ4n) is 4.56. The molecule has 0 radical (unpaired) electrons. The van der Waals surface area contributed by atoms with Crippen molar-refractivity contribution < 1.29 is 18.6 Å². The van der Waals surface area contributed by atoms with Crippen molar-refractivity contribution in [2.45, 2.75) is 13.0 Å². The Balaban J connectivity index is 1.38. The molecule has 8 nitrogen and oxygen atoms in total. The summed E-state index contributed by atoms with van der Waals surface area (Å²) in [6.07, 6.45) is 1.19. The van der Waals surface area contributed by atoms with Crippen LogP contribution >= 0.6 is 0 Å². The Kier molecular flexibility index (Phi) is 6.71. The number of nitrogens with zero attached hydrogens (tertiary/aromatic N) is 5. The Morgan fingerprint density at radius 1 is 1.06 bits per heavy atom. The van der Waals surface area contributed by atoms with E-state index in [1.165, 1.54) is 6.07 Å². The molecular formula is C26H28F2N6O2. The summed E-state index contributed by atoms with van der Waals surface area (Å²) in [6.45, 7) is 4.75. The number of rotatable bonds is 7. The van der Waals surface area contributed by atoms with Crippen molar-refractivity contribution in [2.75, 3.05) is 50.1 Å². The Hall–Kier alpha value is -3.76. The van der Waals surface area contributed by atoms with E-state index in [0.717, 1.165) is 22.8 Å². The summed E-state index contributed by atoms with van der Waals surface area (Å²) in [5, 5.41) is 16.9. The van der Waals surface area contributed by atoms with Gasteiger partial charge in [-0.25, -0.2) is 18.3 Å². The van der Waals surface area contributed by atoms with Crippen molar-refractivity contribution in [3.05, 3.63) is 66.4 Å². The maximum Gasteiger partial charge on any atom is 0.245 e. The lowest BCUT2D eigenvalue weighted by atomic mass is 10.1. The minimum absolute atomic E-state index is 0.0469. The summed E-state index contributed by atoms with van der Waals surface area (Å²) in [7, 11) is 1.60. The van der Waals surface area contributed by atoms with Crippen molar-refractivity contribution in [1.82, 2.24) is 19.5 Å². The largest absolute Gasteiger partial charge is 0.496 e. The number of aliphatic hydroxyl groups is 1. The first-order valence-electron chi connectivity index (χ1n) is 11.8. The maximum absolute atomic E-state index is 15.0. The number of aromatic nitrogens is 3. The van der Waals surface area contributed by atoms with Gasteiger partial charge in [0, 0.05) is 50.4 Å². The van der Waals surface area contributed by atoms with Crippen LogP contribution in [0, 0.1) is 11.6 Å². The van der Waals surface area contributed by atoms with Gasteiger partial charge in [-0.3, -0.25) is 4.90 Å². The zero-order valence-electron chi connectivity index (χ0n) is 20.2. The van der Waals surface area contributed by atoms with Crippen LogP contribution in [-0.2, 0) is 0 Å². The number of benzene rings is 2. The van der Waals surface area contributed by atoms with Crippen molar-refractivity contribution in [3.63, 3.8) is 0 Å². The van der Waals surface area contributed by atoms with Gasteiger partial charge in [-0.2, -0.15) is 0 Å². The van der Waals surface area contributed by atoms with Crippen LogP contribution in [0.2, 0.25) is 0 Å². The highest BCUT2D eigenvalue weighted by molar-refractivity contribution is 5.72. The van der Waals surface area contributed by atoms with Crippen LogP contribution < -0.4 is 15.0 Å². The minimum Gasteiger partial charge on any atom is -0.496 e. The molecule has 2 aromatic heterocycles. The van der Waals surface area contributed by atoms with E-state index in [4.69, 9.17) is 4.74 Å². The van der Waals surface area contributed by atoms with E-state index in [1.807, 2.05) is 41.3 Å². The zero-order valence-corrected chi connectivity index (χ0v) is 20.2. The van der Waals surface area contributed by atoms with Gasteiger partial charge in [0.2, 0.25) is 5.95 Å². The second kappa shape index (κ2) is 10.1. The van der Waals surface area contributed by atoms with Gasteiger partial charge < -0.3 is 20.1 Å². The predicted octanol–water partition coefficient (Wildman–Crippen LogP) is 3.93. The van der Waals surface area contributed by atoms with Gasteiger partial charge in [0.05, 0.1) is 42.0 Å². The van der Waals surface area contributed by atoms with E-state index >= 15 is 8.78 Å². The van der Waals surface area contributed by atoms with Crippen LogP contribution in [0.25, 0.3) is 16.8 Å². The minimum atomic E-state index is -0.598. The third kappa shape index (κ3) is 4.82. The molecule has 0 spiro atoms. The fraction of sp³-hybridized carbons (Fsp3) is 0.308. The summed E-state index contributed by atoms with van der Waals surface area (Å²) < 4.78 is 37.2. The van der Waals surface area contributed by atoms with E-state index < -0.39 is 17.7 Å². The monoisotopic (exact) mass is 494 g/mol. The van der Waals surface area contributed by atoms with Crippen LogP contribution in [0.15, 0.2) is 54.7 Å². The topological polar surface area (TPSA) is 78.2 Å². The number of ether oxygens (including phenoxy) is 1. The molecule has 36 heavy (non-hydrogen) atoms. The van der Waals surface area contributed by atoms with Crippen LogP contribution in [0.4, 0.5) is 26.1 Å². The molecule has 2 N–H and O–H groups in total. The molecule has 1 saturated heterocycles. The van der Waals surface area contributed by atoms with E-state index in [1.54, 1.807) is 24.7 Å². The molecule has 1 aliphatic heterocycles. The standard InChI is InChI=1S/C26H28F2N6O2/c1-17(35)16-32-9-11-33(12-10-32)24-14-20(27)22(13-21(24)28)30-26-29-15-18-7-8-23(34(18)31-26)19-5-3-4-6-25(19)36-2/h3-8,13-15,17,35H,9-12,16H2,1-2H3,(H,30,31). The number of nitrogens with one attached hydrogen (secondary N) is 1. The Morgan fingerprint density at radius 2 is 1.83 bits per heavy atom. The highest BCUT2D eigenvalue weighted by Crippen LogP contribution is 2.32. The number of β-amino-alcohol motifs (C(OH)–C–C–N with tert-alkyl or cyclic N) is 1. The molecule has 0 amide bonds. The summed E-state index contributed by atoms with van der Waals surface area (Å²) in [6, 6.07) is 13.7. The molecular weight excluding hydrogens is 466 g/mol. The summed E-state index contributed by atoms with van der Waals surface area (Å²) in [5.74, 6) is -0.299. The van der Waals surface area contributed by atoms with Gasteiger partial charge in [0.25, 0.3) is 0 Å². The van der Waals surface area contributed by atoms with Gasteiger partial charge >= 0.3 is 0 Å². The molecule has 5 rings (SSSR count). The van der Waals surface area contributed by atoms with Crippen molar-refractivity contribution in [1.29, 1.82) is 0 Å². The molecule has 3 heterocycles. The first-order valence-corrected chi connectivity index (χ1v) is 11.8. The molecule has 1 fully saturated rings. The lowest BCUT2D eigenvalue weighted by Gasteiger charge is -2.36. The molecule has 4 aromatic rings. The highest BCUT2D eigenvalue weighted by Gasteiger charge is 2.22. The van der Waals surface area contributed by atoms with Gasteiger partial charge in [0.1, 0.15) is 17.4 Å². The van der Waals surface area contributed by atoms with E-state index in [2.05, 4.69) is 20.3 Å². The number of aliphatic hydroxyl groups excluding tert-OH is 1. The predicted molar refractivity (Wildman–Crippen MR) is 135 cm³/mol. The number of fused-ring (bicyclic) bond motifs is 1. The van der Waals surface area contributed by atoms with Crippen molar-refractivity contribution in [2.24, 2.45) is 0 Å². The molecule has 1 unspecified atom stereocenters. The van der Waals surface area contributed by atoms with Gasteiger partial charge in [-0.15, -0.1) is 5.10 Å². The van der Waals surface area contributed by atoms with Crippen LogP contribution in [0.1, 0.15) is 6.92 Å². The lowest BCUT2D eigenvalue weighted by Crippen LogP contribution is -2.48. The van der Waals surface area contributed by atoms with E-state index in [-0.39, 0.29) is 17.3 Å². The Labute approximate surface area is 207 Å². The van der Waals surface area contributed by atoms with Crippen LogP contribution in [0.3, 0.4) is 0 Å². The number of halogens is 2. The number of para-hydroxylation sites is 1. The molecule has 0 saturated carbocycles. The van der Waals surface area contributed by atoms with Gasteiger partial charge in [0.15, 0.2) is 0 Å². The summed E-state index contributed by atoms with van der Waals surface area (Å²) in [4.78, 5) is 8.20. The SMILES string of the molecule is COc1ccccc1-c1ccc2cnc(Nc3cc(F)c(N4CCN(CC(C)O)CC4)cc3F)nn12. The third-order valence-electron chi connectivity index (χ3n) is 6.30. The number of piperazine rings is 1. The van der Waals surface area contributed by atoms with E-state index in [9.17, 15) is 5.11 Å². The summed E-state index contributed by atoms with van der Waals surface area (Å²) in [5.41, 5.74) is 2.55. The second-order valence-electron chi connectivity index (χ2n) is 8.88.